The summed E-state index contributed by atoms with van der Waals surface area (Å²) >= 11 is 9.57. The summed E-state index contributed by atoms with van der Waals surface area (Å²) in [5.41, 5.74) is 3.45. The van der Waals surface area contributed by atoms with E-state index in [2.05, 4.69) is 46.4 Å². The largest absolute Gasteiger partial charge is 0.380 e. The van der Waals surface area contributed by atoms with Crippen LogP contribution >= 0.6 is 27.5 Å². The number of para-hydroxylation sites is 1. The molecule has 0 fully saturated rings. The molecular formula is C14H13BrClN. The van der Waals surface area contributed by atoms with Crippen LogP contribution in [0.2, 0.25) is 5.02 Å². The van der Waals surface area contributed by atoms with Gasteiger partial charge in [-0.3, -0.25) is 0 Å². The van der Waals surface area contributed by atoms with Gasteiger partial charge < -0.3 is 5.32 Å². The molecule has 0 spiro atoms. The summed E-state index contributed by atoms with van der Waals surface area (Å²) in [4.78, 5) is 0. The van der Waals surface area contributed by atoms with Crippen LogP contribution in [0.4, 0.5) is 5.69 Å². The van der Waals surface area contributed by atoms with Gasteiger partial charge in [0.2, 0.25) is 0 Å². The summed E-state index contributed by atoms with van der Waals surface area (Å²) in [6.07, 6.45) is 0. The molecule has 0 saturated carbocycles. The smallest absolute Gasteiger partial charge is 0.0637 e. The van der Waals surface area contributed by atoms with Crippen LogP contribution in [-0.2, 0) is 6.54 Å². The van der Waals surface area contributed by atoms with Crippen LogP contribution in [0.15, 0.2) is 46.9 Å². The van der Waals surface area contributed by atoms with Crippen LogP contribution in [0.5, 0.6) is 0 Å². The van der Waals surface area contributed by atoms with Gasteiger partial charge in [-0.1, -0.05) is 51.8 Å². The third-order valence-corrected chi connectivity index (χ3v) is 3.80. The molecule has 88 valence electrons. The number of benzene rings is 2. The number of anilines is 1. The summed E-state index contributed by atoms with van der Waals surface area (Å²) < 4.78 is 1.14. The minimum Gasteiger partial charge on any atom is -0.380 e. The first-order chi connectivity index (χ1) is 8.16. The van der Waals surface area contributed by atoms with Crippen LogP contribution in [0, 0.1) is 6.92 Å². The van der Waals surface area contributed by atoms with E-state index in [4.69, 9.17) is 11.6 Å². The zero-order chi connectivity index (χ0) is 12.3. The van der Waals surface area contributed by atoms with Crippen molar-refractivity contribution in [3.8, 4) is 0 Å². The normalized spacial score (nSPS) is 10.3. The fourth-order valence-electron chi connectivity index (χ4n) is 1.62. The highest BCUT2D eigenvalue weighted by atomic mass is 79.9. The monoisotopic (exact) mass is 309 g/mol. The second-order valence-electron chi connectivity index (χ2n) is 3.92. The van der Waals surface area contributed by atoms with Gasteiger partial charge in [0.15, 0.2) is 0 Å². The van der Waals surface area contributed by atoms with Crippen LogP contribution < -0.4 is 5.32 Å². The van der Waals surface area contributed by atoms with Crippen molar-refractivity contribution in [1.82, 2.24) is 0 Å². The van der Waals surface area contributed by atoms with E-state index < -0.39 is 0 Å². The molecule has 0 heterocycles. The van der Waals surface area contributed by atoms with Crippen LogP contribution in [0.3, 0.4) is 0 Å². The minimum atomic E-state index is 0.751. The Kier molecular flexibility index (Phi) is 4.08. The number of halogens is 2. The lowest BCUT2D eigenvalue weighted by molar-refractivity contribution is 1.14. The maximum Gasteiger partial charge on any atom is 0.0637 e. The van der Waals surface area contributed by atoms with Gasteiger partial charge in [0.25, 0.3) is 0 Å². The Balaban J connectivity index is 2.08. The molecule has 0 aliphatic heterocycles. The first kappa shape index (κ1) is 12.5. The molecule has 0 aromatic heterocycles. The zero-order valence-corrected chi connectivity index (χ0v) is 11.8. The molecule has 0 atom stereocenters. The average molecular weight is 311 g/mol. The van der Waals surface area contributed by atoms with Gasteiger partial charge >= 0.3 is 0 Å². The molecule has 1 N–H and O–H groups in total. The quantitative estimate of drug-likeness (QED) is 0.839. The Morgan fingerprint density at radius 3 is 2.65 bits per heavy atom. The zero-order valence-electron chi connectivity index (χ0n) is 9.50. The van der Waals surface area contributed by atoms with Gasteiger partial charge in [-0.05, 0) is 36.2 Å². The van der Waals surface area contributed by atoms with Crippen LogP contribution in [-0.4, -0.2) is 0 Å². The maximum atomic E-state index is 6.08. The Labute approximate surface area is 115 Å². The molecule has 17 heavy (non-hydrogen) atoms. The standard InChI is InChI=1S/C14H13BrClN/c1-10-8-11(6-7-12(10)15)9-17-14-5-3-2-4-13(14)16/h2-8,17H,9H2,1H3. The van der Waals surface area contributed by atoms with E-state index in [0.717, 1.165) is 21.7 Å². The van der Waals surface area contributed by atoms with Crippen LogP contribution in [0.25, 0.3) is 0 Å². The van der Waals surface area contributed by atoms with Crippen LogP contribution in [0.1, 0.15) is 11.1 Å². The van der Waals surface area contributed by atoms with Crippen molar-refractivity contribution in [2.24, 2.45) is 0 Å². The first-order valence-corrected chi connectivity index (χ1v) is 6.57. The first-order valence-electron chi connectivity index (χ1n) is 5.40. The van der Waals surface area contributed by atoms with E-state index in [-0.39, 0.29) is 0 Å². The fraction of sp³-hybridized carbons (Fsp3) is 0.143. The molecule has 0 aliphatic carbocycles. The SMILES string of the molecule is Cc1cc(CNc2ccccc2Cl)ccc1Br. The molecule has 0 radical (unpaired) electrons. The summed E-state index contributed by atoms with van der Waals surface area (Å²) in [6, 6.07) is 14.1. The second-order valence-corrected chi connectivity index (χ2v) is 5.18. The number of hydrogen-bond acceptors (Lipinski definition) is 1. The summed E-state index contributed by atoms with van der Waals surface area (Å²) in [5, 5.41) is 4.08. The highest BCUT2D eigenvalue weighted by Gasteiger charge is 2.00. The molecule has 0 unspecified atom stereocenters. The molecule has 3 heteroatoms. The van der Waals surface area contributed by atoms with Gasteiger partial charge in [0, 0.05) is 11.0 Å². The number of rotatable bonds is 3. The molecule has 0 amide bonds. The van der Waals surface area contributed by atoms with Crippen molar-refractivity contribution in [3.05, 3.63) is 63.1 Å². The fourth-order valence-corrected chi connectivity index (χ4v) is 2.07. The van der Waals surface area contributed by atoms with E-state index in [9.17, 15) is 0 Å². The Hall–Kier alpha value is -0.990. The minimum absolute atomic E-state index is 0.751. The van der Waals surface area contributed by atoms with Gasteiger partial charge in [0.05, 0.1) is 10.7 Å². The van der Waals surface area contributed by atoms with Crippen molar-refractivity contribution < 1.29 is 0 Å². The molecular weight excluding hydrogens is 298 g/mol. The maximum absolute atomic E-state index is 6.08. The summed E-state index contributed by atoms with van der Waals surface area (Å²) in [5.74, 6) is 0. The second kappa shape index (κ2) is 5.56. The topological polar surface area (TPSA) is 12.0 Å². The van der Waals surface area contributed by atoms with Gasteiger partial charge in [-0.25, -0.2) is 0 Å². The highest BCUT2D eigenvalue weighted by Crippen LogP contribution is 2.22. The lowest BCUT2D eigenvalue weighted by atomic mass is 10.1. The third-order valence-electron chi connectivity index (χ3n) is 2.58. The van der Waals surface area contributed by atoms with Gasteiger partial charge in [-0.2, -0.15) is 0 Å². The molecule has 1 nitrogen and oxygen atoms in total. The van der Waals surface area contributed by atoms with Crippen molar-refractivity contribution in [3.63, 3.8) is 0 Å². The van der Waals surface area contributed by atoms with E-state index in [1.165, 1.54) is 11.1 Å². The molecule has 2 aromatic carbocycles. The lowest BCUT2D eigenvalue weighted by Crippen LogP contribution is -2.00. The van der Waals surface area contributed by atoms with E-state index >= 15 is 0 Å². The van der Waals surface area contributed by atoms with E-state index in [1.807, 2.05) is 24.3 Å². The Morgan fingerprint density at radius 2 is 1.94 bits per heavy atom. The van der Waals surface area contributed by atoms with Crippen molar-refractivity contribution >= 4 is 33.2 Å². The molecule has 0 bridgehead atoms. The Morgan fingerprint density at radius 1 is 1.18 bits per heavy atom. The number of hydrogen-bond donors (Lipinski definition) is 1. The van der Waals surface area contributed by atoms with Gasteiger partial charge in [-0.15, -0.1) is 0 Å². The van der Waals surface area contributed by atoms with E-state index in [1.54, 1.807) is 0 Å². The van der Waals surface area contributed by atoms with E-state index in [0.29, 0.717) is 0 Å². The molecule has 2 aromatic rings. The van der Waals surface area contributed by atoms with Crippen molar-refractivity contribution in [1.29, 1.82) is 0 Å². The predicted octanol–water partition coefficient (Wildman–Crippen LogP) is 5.02. The highest BCUT2D eigenvalue weighted by molar-refractivity contribution is 9.10. The molecule has 0 aliphatic rings. The predicted molar refractivity (Wildman–Crippen MR) is 77.7 cm³/mol. The molecule has 0 saturated heterocycles. The van der Waals surface area contributed by atoms with Crippen molar-refractivity contribution in [2.45, 2.75) is 13.5 Å². The van der Waals surface area contributed by atoms with Gasteiger partial charge in [0.1, 0.15) is 0 Å². The Bertz CT molecular complexity index is 525. The average Bonchev–Trinajstić information content (AvgIpc) is 2.32. The van der Waals surface area contributed by atoms with Crippen molar-refractivity contribution in [2.75, 3.05) is 5.32 Å². The summed E-state index contributed by atoms with van der Waals surface area (Å²) in [6.45, 7) is 2.86. The summed E-state index contributed by atoms with van der Waals surface area (Å²) in [7, 11) is 0. The molecule has 2 rings (SSSR count). The number of nitrogens with one attached hydrogen (secondary N) is 1. The third kappa shape index (κ3) is 3.24. The number of aryl methyl sites for hydroxylation is 1. The lowest BCUT2D eigenvalue weighted by Gasteiger charge is -2.09.